The average molecular weight is 293 g/mol. The van der Waals surface area contributed by atoms with Crippen LogP contribution in [0.2, 0.25) is 0 Å². The predicted molar refractivity (Wildman–Crippen MR) is 77.4 cm³/mol. The number of likely N-dealkylation sites (tertiary alicyclic amines) is 1. The first-order valence-corrected chi connectivity index (χ1v) is 8.32. The van der Waals surface area contributed by atoms with Gasteiger partial charge in [-0.05, 0) is 44.9 Å². The Kier molecular flexibility index (Phi) is 2.68. The number of amidine groups is 1. The highest BCUT2D eigenvalue weighted by molar-refractivity contribution is 8.16. The molecule has 4 atom stereocenters. The van der Waals surface area contributed by atoms with Gasteiger partial charge in [0.1, 0.15) is 0 Å². The van der Waals surface area contributed by atoms with Crippen LogP contribution in [-0.4, -0.2) is 45.3 Å². The normalized spacial score (nSPS) is 43.4. The molecule has 0 aromatic heterocycles. The monoisotopic (exact) mass is 293 g/mol. The number of piperidine rings is 2. The van der Waals surface area contributed by atoms with Crippen molar-refractivity contribution in [3.8, 4) is 0 Å². The Hall–Kier alpha value is -1.04. The Balaban J connectivity index is 1.61. The van der Waals surface area contributed by atoms with Crippen molar-refractivity contribution in [2.45, 2.75) is 55.9 Å². The Labute approximate surface area is 122 Å². The number of carbonyl (C=O) groups excluding carboxylic acids is 2. The minimum atomic E-state index is -0.963. The van der Waals surface area contributed by atoms with E-state index in [1.165, 1.54) is 31.0 Å². The number of nitrogens with one attached hydrogen (secondary N) is 1. The third-order valence-corrected chi connectivity index (χ3v) is 6.74. The SMILES string of the molecule is C[C@@H]1[C@@H]2CC[C@@H](C2)N1C1=NC(=O)C2(CCCNC2=O)S1. The van der Waals surface area contributed by atoms with Crippen LogP contribution in [0.4, 0.5) is 0 Å². The van der Waals surface area contributed by atoms with Gasteiger partial charge in [-0.2, -0.15) is 4.99 Å². The molecule has 108 valence electrons. The van der Waals surface area contributed by atoms with E-state index in [1.54, 1.807) is 0 Å². The maximum Gasteiger partial charge on any atom is 0.274 e. The lowest BCUT2D eigenvalue weighted by molar-refractivity contribution is -0.132. The standard InChI is InChI=1S/C14H19N3O2S/c1-8-9-3-4-10(7-9)17(8)13-16-12(19)14(20-13)5-2-6-15-11(14)18/h8-10H,2-7H2,1H3,(H,15,18)/t8-,9-,10+,14?/m1/s1. The molecule has 6 heteroatoms. The third kappa shape index (κ3) is 1.54. The molecule has 1 N–H and O–H groups in total. The molecule has 1 saturated carbocycles. The van der Waals surface area contributed by atoms with Gasteiger partial charge in [0.15, 0.2) is 9.91 Å². The van der Waals surface area contributed by atoms with Crippen molar-refractivity contribution in [3.05, 3.63) is 0 Å². The van der Waals surface area contributed by atoms with E-state index in [0.29, 0.717) is 25.0 Å². The molecule has 3 heterocycles. The Morgan fingerprint density at radius 2 is 2.25 bits per heavy atom. The van der Waals surface area contributed by atoms with Crippen molar-refractivity contribution in [1.29, 1.82) is 0 Å². The smallest absolute Gasteiger partial charge is 0.274 e. The molecule has 1 spiro atoms. The molecular weight excluding hydrogens is 274 g/mol. The van der Waals surface area contributed by atoms with Gasteiger partial charge in [0.25, 0.3) is 5.91 Å². The molecule has 3 aliphatic heterocycles. The van der Waals surface area contributed by atoms with Crippen LogP contribution in [-0.2, 0) is 9.59 Å². The van der Waals surface area contributed by atoms with Gasteiger partial charge in [-0.3, -0.25) is 9.59 Å². The molecule has 1 unspecified atom stereocenters. The molecule has 0 aromatic carbocycles. The number of amides is 2. The van der Waals surface area contributed by atoms with Gasteiger partial charge in [-0.25, -0.2) is 0 Å². The van der Waals surface area contributed by atoms with Gasteiger partial charge in [0.05, 0.1) is 0 Å². The van der Waals surface area contributed by atoms with Crippen LogP contribution in [0.1, 0.15) is 39.0 Å². The van der Waals surface area contributed by atoms with Crippen molar-refractivity contribution in [1.82, 2.24) is 10.2 Å². The van der Waals surface area contributed by atoms with Gasteiger partial charge in [-0.15, -0.1) is 0 Å². The second-order valence-corrected chi connectivity index (χ2v) is 7.63. The number of hydrogen-bond acceptors (Lipinski definition) is 4. The summed E-state index contributed by atoms with van der Waals surface area (Å²) in [5, 5.41) is 3.63. The van der Waals surface area contributed by atoms with Crippen molar-refractivity contribution in [2.24, 2.45) is 10.9 Å². The zero-order valence-corrected chi connectivity index (χ0v) is 12.4. The summed E-state index contributed by atoms with van der Waals surface area (Å²) in [7, 11) is 0. The molecular formula is C14H19N3O2S. The number of thioether (sulfide) groups is 1. The maximum absolute atomic E-state index is 12.3. The number of rotatable bonds is 0. The maximum atomic E-state index is 12.3. The molecule has 4 rings (SSSR count). The number of carbonyl (C=O) groups is 2. The van der Waals surface area contributed by atoms with Crippen LogP contribution >= 0.6 is 11.8 Å². The average Bonchev–Trinajstić information content (AvgIpc) is 3.08. The Morgan fingerprint density at radius 3 is 2.95 bits per heavy atom. The summed E-state index contributed by atoms with van der Waals surface area (Å²) in [6.07, 6.45) is 5.18. The highest BCUT2D eigenvalue weighted by Crippen LogP contribution is 2.48. The van der Waals surface area contributed by atoms with E-state index in [0.717, 1.165) is 17.5 Å². The molecule has 4 aliphatic rings. The Bertz CT molecular complexity index is 519. The van der Waals surface area contributed by atoms with Crippen molar-refractivity contribution >= 4 is 28.7 Å². The number of fused-ring (bicyclic) bond motifs is 2. The molecule has 2 bridgehead atoms. The molecule has 0 aromatic rings. The summed E-state index contributed by atoms with van der Waals surface area (Å²) >= 11 is 1.41. The lowest BCUT2D eigenvalue weighted by Gasteiger charge is -2.35. The summed E-state index contributed by atoms with van der Waals surface area (Å²) in [6, 6.07) is 0.977. The summed E-state index contributed by atoms with van der Waals surface area (Å²) in [5.74, 6) is 0.342. The first-order chi connectivity index (χ1) is 9.62. The van der Waals surface area contributed by atoms with E-state index < -0.39 is 4.75 Å². The second kappa shape index (κ2) is 4.23. The van der Waals surface area contributed by atoms with Gasteiger partial charge < -0.3 is 10.2 Å². The lowest BCUT2D eigenvalue weighted by atomic mass is 9.97. The zero-order chi connectivity index (χ0) is 13.9. The Morgan fingerprint density at radius 1 is 1.40 bits per heavy atom. The molecule has 2 saturated heterocycles. The van der Waals surface area contributed by atoms with E-state index in [1.807, 2.05) is 0 Å². The van der Waals surface area contributed by atoms with Gasteiger partial charge in [-0.1, -0.05) is 11.8 Å². The van der Waals surface area contributed by atoms with Crippen molar-refractivity contribution in [2.75, 3.05) is 6.54 Å². The molecule has 2 amide bonds. The summed E-state index contributed by atoms with van der Waals surface area (Å²) in [5.41, 5.74) is 0. The van der Waals surface area contributed by atoms with Crippen LogP contribution in [0.25, 0.3) is 0 Å². The first kappa shape index (κ1) is 12.7. The molecule has 1 aliphatic carbocycles. The molecule has 0 radical (unpaired) electrons. The summed E-state index contributed by atoms with van der Waals surface area (Å²) in [6.45, 7) is 2.90. The minimum Gasteiger partial charge on any atom is -0.354 e. The zero-order valence-electron chi connectivity index (χ0n) is 11.6. The third-order valence-electron chi connectivity index (χ3n) is 5.35. The van der Waals surface area contributed by atoms with Gasteiger partial charge >= 0.3 is 0 Å². The molecule has 5 nitrogen and oxygen atoms in total. The predicted octanol–water partition coefficient (Wildman–Crippen LogP) is 1.14. The fourth-order valence-corrected chi connectivity index (χ4v) is 5.58. The summed E-state index contributed by atoms with van der Waals surface area (Å²) in [4.78, 5) is 31.1. The van der Waals surface area contributed by atoms with Gasteiger partial charge in [0.2, 0.25) is 5.91 Å². The first-order valence-electron chi connectivity index (χ1n) is 7.50. The largest absolute Gasteiger partial charge is 0.354 e. The summed E-state index contributed by atoms with van der Waals surface area (Å²) < 4.78 is -0.963. The molecule has 3 fully saturated rings. The minimum absolute atomic E-state index is 0.144. The van der Waals surface area contributed by atoms with E-state index >= 15 is 0 Å². The fourth-order valence-electron chi connectivity index (χ4n) is 4.18. The van der Waals surface area contributed by atoms with Crippen molar-refractivity contribution < 1.29 is 9.59 Å². The topological polar surface area (TPSA) is 61.8 Å². The lowest BCUT2D eigenvalue weighted by Crippen LogP contribution is -2.52. The quantitative estimate of drug-likeness (QED) is 0.680. The van der Waals surface area contributed by atoms with E-state index in [-0.39, 0.29) is 11.8 Å². The van der Waals surface area contributed by atoms with E-state index in [4.69, 9.17) is 0 Å². The van der Waals surface area contributed by atoms with Gasteiger partial charge in [0, 0.05) is 18.6 Å². The van der Waals surface area contributed by atoms with Crippen LogP contribution in [0.5, 0.6) is 0 Å². The van der Waals surface area contributed by atoms with Crippen molar-refractivity contribution in [3.63, 3.8) is 0 Å². The second-order valence-electron chi connectivity index (χ2n) is 6.36. The van der Waals surface area contributed by atoms with Crippen LogP contribution in [0.3, 0.4) is 0 Å². The number of aliphatic imine (C=N–C) groups is 1. The highest BCUT2D eigenvalue weighted by Gasteiger charge is 2.56. The molecule has 20 heavy (non-hydrogen) atoms. The number of nitrogens with zero attached hydrogens (tertiary/aromatic N) is 2. The van der Waals surface area contributed by atoms with E-state index in [2.05, 4.69) is 22.1 Å². The fraction of sp³-hybridized carbons (Fsp3) is 0.786. The van der Waals surface area contributed by atoms with Crippen LogP contribution in [0.15, 0.2) is 4.99 Å². The number of hydrogen-bond donors (Lipinski definition) is 1. The van der Waals surface area contributed by atoms with E-state index in [9.17, 15) is 9.59 Å². The van der Waals surface area contributed by atoms with Crippen LogP contribution in [0, 0.1) is 5.92 Å². The van der Waals surface area contributed by atoms with Crippen LogP contribution < -0.4 is 5.32 Å². The highest BCUT2D eigenvalue weighted by atomic mass is 32.2.